The third kappa shape index (κ3) is 2.24. The molecule has 3 aliphatic rings. The molecule has 1 atom stereocenters. The van der Waals surface area contributed by atoms with Gasteiger partial charge in [-0.25, -0.2) is 8.42 Å². The number of piperazine rings is 1. The van der Waals surface area contributed by atoms with Crippen molar-refractivity contribution in [3.8, 4) is 0 Å². The molecule has 2 fully saturated rings. The Hall–Kier alpha value is -1.37. The van der Waals surface area contributed by atoms with Gasteiger partial charge in [0.15, 0.2) is 9.84 Å². The van der Waals surface area contributed by atoms with Gasteiger partial charge in [0.05, 0.1) is 11.8 Å². The van der Waals surface area contributed by atoms with Gasteiger partial charge in [0.1, 0.15) is 12.1 Å². The molecular weight excluding hydrogens is 280 g/mol. The summed E-state index contributed by atoms with van der Waals surface area (Å²) in [5.41, 5.74) is -0.798. The largest absolute Gasteiger partial charge is 0.340 e. The summed E-state index contributed by atoms with van der Waals surface area (Å²) in [6, 6.07) is -0.502. The fraction of sp³-hybridized carbons (Fsp3) is 0.692. The van der Waals surface area contributed by atoms with Crippen LogP contribution < -0.4 is 5.32 Å². The first kappa shape index (κ1) is 13.6. The van der Waals surface area contributed by atoms with Crippen LogP contribution in [0.3, 0.4) is 0 Å². The van der Waals surface area contributed by atoms with E-state index in [1.807, 2.05) is 0 Å². The molecule has 0 radical (unpaired) electrons. The fourth-order valence-electron chi connectivity index (χ4n) is 3.38. The second-order valence-electron chi connectivity index (χ2n) is 5.85. The van der Waals surface area contributed by atoms with Crippen molar-refractivity contribution in [3.05, 3.63) is 11.5 Å². The number of sulfone groups is 1. The molecule has 1 saturated heterocycles. The van der Waals surface area contributed by atoms with Crippen LogP contribution in [0.25, 0.3) is 0 Å². The summed E-state index contributed by atoms with van der Waals surface area (Å²) < 4.78 is 23.0. The zero-order valence-electron chi connectivity index (χ0n) is 11.2. The van der Waals surface area contributed by atoms with E-state index < -0.39 is 21.4 Å². The van der Waals surface area contributed by atoms with Gasteiger partial charge in [0.25, 0.3) is 0 Å². The van der Waals surface area contributed by atoms with Crippen LogP contribution in [0.15, 0.2) is 11.5 Å². The highest BCUT2D eigenvalue weighted by Crippen LogP contribution is 2.33. The standard InChI is InChI=1S/C13H18N2O4S/c16-11-8-15(10-4-7-20(18,19)9-10)12(17)13(14-11)5-2-1-3-6-13/h4,7,10H,1-3,5-6,8-9H2,(H,14,16). The molecule has 0 aromatic rings. The van der Waals surface area contributed by atoms with Crippen molar-refractivity contribution in [2.24, 2.45) is 0 Å². The molecule has 6 nitrogen and oxygen atoms in total. The Morgan fingerprint density at radius 1 is 1.20 bits per heavy atom. The zero-order valence-corrected chi connectivity index (χ0v) is 12.0. The molecular formula is C13H18N2O4S. The lowest BCUT2D eigenvalue weighted by Gasteiger charge is -2.45. The van der Waals surface area contributed by atoms with Gasteiger partial charge in [-0.3, -0.25) is 9.59 Å². The molecule has 1 saturated carbocycles. The number of rotatable bonds is 1. The van der Waals surface area contributed by atoms with E-state index in [1.165, 1.54) is 11.0 Å². The van der Waals surface area contributed by atoms with Crippen LogP contribution in [-0.2, 0) is 19.4 Å². The first-order valence-electron chi connectivity index (χ1n) is 6.95. The lowest BCUT2D eigenvalue weighted by molar-refractivity contribution is -0.152. The fourth-order valence-corrected chi connectivity index (χ4v) is 4.68. The molecule has 110 valence electrons. The van der Waals surface area contributed by atoms with Crippen LogP contribution in [0, 0.1) is 0 Å². The van der Waals surface area contributed by atoms with E-state index in [1.54, 1.807) is 0 Å². The smallest absolute Gasteiger partial charge is 0.249 e. The quantitative estimate of drug-likeness (QED) is 0.736. The molecule has 0 aromatic heterocycles. The SMILES string of the molecule is O=C1CN(C2C=CS(=O)(=O)C2)C(=O)C2(CCCCC2)N1. The molecule has 2 heterocycles. The van der Waals surface area contributed by atoms with Gasteiger partial charge in [-0.2, -0.15) is 0 Å². The van der Waals surface area contributed by atoms with Gasteiger partial charge in [-0.05, 0) is 18.9 Å². The van der Waals surface area contributed by atoms with Crippen LogP contribution in [0.1, 0.15) is 32.1 Å². The van der Waals surface area contributed by atoms with Crippen molar-refractivity contribution in [1.82, 2.24) is 10.2 Å². The Kier molecular flexibility index (Phi) is 3.12. The van der Waals surface area contributed by atoms with E-state index in [9.17, 15) is 18.0 Å². The third-order valence-corrected chi connectivity index (χ3v) is 5.76. The van der Waals surface area contributed by atoms with Crippen molar-refractivity contribution in [1.29, 1.82) is 0 Å². The van der Waals surface area contributed by atoms with Crippen LogP contribution in [0.2, 0.25) is 0 Å². The van der Waals surface area contributed by atoms with Crippen molar-refractivity contribution >= 4 is 21.7 Å². The van der Waals surface area contributed by atoms with Crippen LogP contribution in [0.4, 0.5) is 0 Å². The van der Waals surface area contributed by atoms with E-state index in [2.05, 4.69) is 5.32 Å². The number of carbonyl (C=O) groups is 2. The Morgan fingerprint density at radius 3 is 2.50 bits per heavy atom. The molecule has 0 aromatic carbocycles. The van der Waals surface area contributed by atoms with Crippen molar-refractivity contribution < 1.29 is 18.0 Å². The predicted molar refractivity (Wildman–Crippen MR) is 72.4 cm³/mol. The lowest BCUT2D eigenvalue weighted by Crippen LogP contribution is -2.68. The Labute approximate surface area is 118 Å². The molecule has 20 heavy (non-hydrogen) atoms. The number of nitrogens with zero attached hydrogens (tertiary/aromatic N) is 1. The molecule has 3 rings (SSSR count). The Bertz CT molecular complexity index is 575. The molecule has 1 spiro atoms. The first-order chi connectivity index (χ1) is 9.42. The average molecular weight is 298 g/mol. The van der Waals surface area contributed by atoms with Crippen LogP contribution >= 0.6 is 0 Å². The first-order valence-corrected chi connectivity index (χ1v) is 8.66. The van der Waals surface area contributed by atoms with Crippen molar-refractivity contribution in [2.75, 3.05) is 12.3 Å². The van der Waals surface area contributed by atoms with Gasteiger partial charge < -0.3 is 10.2 Å². The van der Waals surface area contributed by atoms with Crippen LogP contribution in [-0.4, -0.2) is 49.0 Å². The second kappa shape index (κ2) is 4.58. The second-order valence-corrected chi connectivity index (χ2v) is 7.78. The van der Waals surface area contributed by atoms with E-state index in [0.717, 1.165) is 24.7 Å². The maximum absolute atomic E-state index is 12.7. The highest BCUT2D eigenvalue weighted by atomic mass is 32.2. The summed E-state index contributed by atoms with van der Waals surface area (Å²) in [5, 5.41) is 4.00. The van der Waals surface area contributed by atoms with E-state index in [0.29, 0.717) is 12.8 Å². The molecule has 2 aliphatic heterocycles. The topological polar surface area (TPSA) is 83.6 Å². The minimum absolute atomic E-state index is 0.0505. The lowest BCUT2D eigenvalue weighted by atomic mass is 9.79. The highest BCUT2D eigenvalue weighted by Gasteiger charge is 2.49. The number of amides is 2. The third-order valence-electron chi connectivity index (χ3n) is 4.38. The molecule has 7 heteroatoms. The summed E-state index contributed by atoms with van der Waals surface area (Å²) in [5.74, 6) is -0.421. The molecule has 1 N–H and O–H groups in total. The summed E-state index contributed by atoms with van der Waals surface area (Å²) in [7, 11) is -3.23. The summed E-state index contributed by atoms with van der Waals surface area (Å²) in [4.78, 5) is 26.1. The van der Waals surface area contributed by atoms with Gasteiger partial charge in [-0.15, -0.1) is 0 Å². The Balaban J connectivity index is 1.86. The van der Waals surface area contributed by atoms with Crippen molar-refractivity contribution in [3.63, 3.8) is 0 Å². The normalized spacial score (nSPS) is 31.6. The number of nitrogens with one attached hydrogen (secondary N) is 1. The zero-order chi connectivity index (χ0) is 14.4. The van der Waals surface area contributed by atoms with Crippen LogP contribution in [0.5, 0.6) is 0 Å². The van der Waals surface area contributed by atoms with Gasteiger partial charge >= 0.3 is 0 Å². The minimum atomic E-state index is -3.23. The molecule has 2 amide bonds. The maximum atomic E-state index is 12.7. The monoisotopic (exact) mass is 298 g/mol. The highest BCUT2D eigenvalue weighted by molar-refractivity contribution is 7.94. The van der Waals surface area contributed by atoms with E-state index in [-0.39, 0.29) is 24.1 Å². The number of hydrogen-bond acceptors (Lipinski definition) is 4. The van der Waals surface area contributed by atoms with Gasteiger partial charge in [0.2, 0.25) is 11.8 Å². The van der Waals surface area contributed by atoms with E-state index >= 15 is 0 Å². The Morgan fingerprint density at radius 2 is 1.90 bits per heavy atom. The minimum Gasteiger partial charge on any atom is -0.340 e. The average Bonchev–Trinajstić information content (AvgIpc) is 2.75. The number of hydrogen-bond donors (Lipinski definition) is 1. The summed E-state index contributed by atoms with van der Waals surface area (Å²) in [6.45, 7) is -0.0505. The van der Waals surface area contributed by atoms with Crippen molar-refractivity contribution in [2.45, 2.75) is 43.7 Å². The van der Waals surface area contributed by atoms with E-state index in [4.69, 9.17) is 0 Å². The molecule has 1 aliphatic carbocycles. The predicted octanol–water partition coefficient (Wildman–Crippen LogP) is -0.0416. The molecule has 1 unspecified atom stereocenters. The number of carbonyl (C=O) groups excluding carboxylic acids is 2. The van der Waals surface area contributed by atoms with Gasteiger partial charge in [0, 0.05) is 5.41 Å². The maximum Gasteiger partial charge on any atom is 0.249 e. The summed E-state index contributed by atoms with van der Waals surface area (Å²) in [6.07, 6.45) is 5.72. The van der Waals surface area contributed by atoms with Gasteiger partial charge in [-0.1, -0.05) is 19.3 Å². The summed E-state index contributed by atoms with van der Waals surface area (Å²) >= 11 is 0. The molecule has 0 bridgehead atoms.